The first kappa shape index (κ1) is 16.6. The van der Waals surface area contributed by atoms with E-state index in [9.17, 15) is 14.9 Å². The molecule has 1 heterocycles. The lowest BCUT2D eigenvalue weighted by Gasteiger charge is -2.18. The number of amides is 1. The van der Waals surface area contributed by atoms with Crippen molar-refractivity contribution < 1.29 is 9.72 Å². The quantitative estimate of drug-likeness (QED) is 0.361. The van der Waals surface area contributed by atoms with E-state index in [4.69, 9.17) is 5.84 Å². The molecular formula is C11H19N7O3. The second kappa shape index (κ2) is 7.33. The van der Waals surface area contributed by atoms with Gasteiger partial charge in [-0.1, -0.05) is 6.92 Å². The van der Waals surface area contributed by atoms with Gasteiger partial charge in [0.05, 0.1) is 11.5 Å². The van der Waals surface area contributed by atoms with E-state index >= 15 is 0 Å². The standard InChI is InChI=1S/C11H19N7O3/c1-4-5-13-8(19)6-17(3)10-9(18(20)21)7(2)14-11(15-10)16-12/h4-6,12H2,1-3H3,(H,13,19)(H,14,15,16). The maximum atomic E-state index is 11.7. The third kappa shape index (κ3) is 4.24. The number of nitrogens with two attached hydrogens (primary N) is 1. The van der Waals surface area contributed by atoms with Gasteiger partial charge in [-0.2, -0.15) is 4.98 Å². The van der Waals surface area contributed by atoms with Gasteiger partial charge in [-0.3, -0.25) is 20.3 Å². The number of hydrazine groups is 1. The highest BCUT2D eigenvalue weighted by molar-refractivity contribution is 5.82. The molecule has 1 aromatic heterocycles. The van der Waals surface area contributed by atoms with Crippen molar-refractivity contribution in [2.75, 3.05) is 30.5 Å². The van der Waals surface area contributed by atoms with Gasteiger partial charge in [0, 0.05) is 13.6 Å². The Kier molecular flexibility index (Phi) is 5.79. The molecule has 10 nitrogen and oxygen atoms in total. The zero-order valence-corrected chi connectivity index (χ0v) is 12.2. The molecule has 21 heavy (non-hydrogen) atoms. The van der Waals surface area contributed by atoms with Gasteiger partial charge in [-0.05, 0) is 13.3 Å². The van der Waals surface area contributed by atoms with Crippen LogP contribution >= 0.6 is 0 Å². The number of nitrogen functional groups attached to an aromatic ring is 1. The summed E-state index contributed by atoms with van der Waals surface area (Å²) in [7, 11) is 1.54. The van der Waals surface area contributed by atoms with Crippen LogP contribution in [0.3, 0.4) is 0 Å². The summed E-state index contributed by atoms with van der Waals surface area (Å²) in [5.74, 6) is 5.08. The van der Waals surface area contributed by atoms with E-state index < -0.39 is 4.92 Å². The SMILES string of the molecule is CCCNC(=O)CN(C)c1nc(NN)nc(C)c1[N+](=O)[O-]. The number of nitrogens with zero attached hydrogens (tertiary/aromatic N) is 4. The highest BCUT2D eigenvalue weighted by atomic mass is 16.6. The number of aromatic nitrogens is 2. The van der Waals surface area contributed by atoms with Crippen molar-refractivity contribution in [1.82, 2.24) is 15.3 Å². The maximum absolute atomic E-state index is 11.7. The van der Waals surface area contributed by atoms with Gasteiger partial charge in [-0.25, -0.2) is 10.8 Å². The van der Waals surface area contributed by atoms with Crippen LogP contribution in [-0.4, -0.2) is 40.9 Å². The molecule has 1 rings (SSSR count). The summed E-state index contributed by atoms with van der Waals surface area (Å²) in [6.07, 6.45) is 0.809. The van der Waals surface area contributed by atoms with Gasteiger partial charge in [0.1, 0.15) is 5.69 Å². The van der Waals surface area contributed by atoms with Crippen molar-refractivity contribution in [3.8, 4) is 0 Å². The van der Waals surface area contributed by atoms with E-state index in [2.05, 4.69) is 20.7 Å². The molecule has 1 amide bonds. The van der Waals surface area contributed by atoms with Crippen molar-refractivity contribution in [3.63, 3.8) is 0 Å². The first-order valence-electron chi connectivity index (χ1n) is 6.38. The molecule has 0 atom stereocenters. The molecule has 0 bridgehead atoms. The number of likely N-dealkylation sites (N-methyl/N-ethyl adjacent to an activating group) is 1. The van der Waals surface area contributed by atoms with Gasteiger partial charge in [0.15, 0.2) is 0 Å². The van der Waals surface area contributed by atoms with Gasteiger partial charge < -0.3 is 10.2 Å². The largest absolute Gasteiger partial charge is 0.355 e. The molecule has 116 valence electrons. The van der Waals surface area contributed by atoms with Gasteiger partial charge in [0.2, 0.25) is 17.7 Å². The zero-order chi connectivity index (χ0) is 16.0. The summed E-state index contributed by atoms with van der Waals surface area (Å²) in [6, 6.07) is 0. The van der Waals surface area contributed by atoms with Crippen LogP contribution in [0, 0.1) is 17.0 Å². The predicted octanol–water partition coefficient (Wildman–Crippen LogP) is -0.0588. The van der Waals surface area contributed by atoms with E-state index in [-0.39, 0.29) is 35.6 Å². The monoisotopic (exact) mass is 297 g/mol. The molecule has 1 aromatic rings. The Morgan fingerprint density at radius 1 is 1.48 bits per heavy atom. The second-order valence-corrected chi connectivity index (χ2v) is 4.41. The van der Waals surface area contributed by atoms with Gasteiger partial charge in [-0.15, -0.1) is 0 Å². The van der Waals surface area contributed by atoms with E-state index in [1.807, 2.05) is 6.92 Å². The molecular weight excluding hydrogens is 278 g/mol. The number of anilines is 2. The summed E-state index contributed by atoms with van der Waals surface area (Å²) in [5.41, 5.74) is 2.16. The van der Waals surface area contributed by atoms with Crippen LogP contribution in [-0.2, 0) is 4.79 Å². The lowest BCUT2D eigenvalue weighted by atomic mass is 10.3. The summed E-state index contributed by atoms with van der Waals surface area (Å²) in [5, 5.41) is 13.8. The number of hydrogen-bond acceptors (Lipinski definition) is 8. The van der Waals surface area contributed by atoms with Crippen molar-refractivity contribution in [2.24, 2.45) is 5.84 Å². The fourth-order valence-corrected chi connectivity index (χ4v) is 1.71. The van der Waals surface area contributed by atoms with Crippen LogP contribution in [0.15, 0.2) is 0 Å². The molecule has 0 aliphatic heterocycles. The molecule has 0 aromatic carbocycles. The fourth-order valence-electron chi connectivity index (χ4n) is 1.71. The maximum Gasteiger partial charge on any atom is 0.332 e. The summed E-state index contributed by atoms with van der Waals surface area (Å²) in [4.78, 5) is 31.5. The molecule has 0 saturated carbocycles. The van der Waals surface area contributed by atoms with E-state index in [1.54, 1.807) is 7.05 Å². The minimum absolute atomic E-state index is 0.0344. The van der Waals surface area contributed by atoms with Crippen LogP contribution in [0.2, 0.25) is 0 Å². The molecule has 0 saturated heterocycles. The molecule has 0 aliphatic rings. The Morgan fingerprint density at radius 2 is 2.14 bits per heavy atom. The lowest BCUT2D eigenvalue weighted by molar-refractivity contribution is -0.385. The van der Waals surface area contributed by atoms with Crippen LogP contribution in [0.1, 0.15) is 19.0 Å². The Morgan fingerprint density at radius 3 is 2.67 bits per heavy atom. The zero-order valence-electron chi connectivity index (χ0n) is 12.2. The first-order chi connectivity index (χ1) is 9.90. The van der Waals surface area contributed by atoms with Gasteiger partial charge >= 0.3 is 5.69 Å². The predicted molar refractivity (Wildman–Crippen MR) is 77.8 cm³/mol. The minimum Gasteiger partial charge on any atom is -0.355 e. The van der Waals surface area contributed by atoms with Crippen molar-refractivity contribution in [2.45, 2.75) is 20.3 Å². The van der Waals surface area contributed by atoms with E-state index in [1.165, 1.54) is 11.8 Å². The Balaban J connectivity index is 3.06. The third-order valence-corrected chi connectivity index (χ3v) is 2.67. The highest BCUT2D eigenvalue weighted by Gasteiger charge is 2.25. The fraction of sp³-hybridized carbons (Fsp3) is 0.545. The van der Waals surface area contributed by atoms with Crippen molar-refractivity contribution >= 4 is 23.4 Å². The van der Waals surface area contributed by atoms with Crippen LogP contribution < -0.4 is 21.5 Å². The highest BCUT2D eigenvalue weighted by Crippen LogP contribution is 2.28. The number of aryl methyl sites for hydroxylation is 1. The molecule has 4 N–H and O–H groups in total. The first-order valence-corrected chi connectivity index (χ1v) is 6.38. The molecule has 0 radical (unpaired) electrons. The third-order valence-electron chi connectivity index (χ3n) is 2.67. The smallest absolute Gasteiger partial charge is 0.332 e. The van der Waals surface area contributed by atoms with Gasteiger partial charge in [0.25, 0.3) is 0 Å². The molecule has 10 heteroatoms. The average Bonchev–Trinajstić information content (AvgIpc) is 2.43. The number of nitro groups is 1. The Hall–Kier alpha value is -2.49. The lowest BCUT2D eigenvalue weighted by Crippen LogP contribution is -2.36. The Labute approximate surface area is 121 Å². The molecule has 0 aliphatic carbocycles. The van der Waals surface area contributed by atoms with Crippen LogP contribution in [0.5, 0.6) is 0 Å². The second-order valence-electron chi connectivity index (χ2n) is 4.41. The molecule has 0 unspecified atom stereocenters. The molecule has 0 fully saturated rings. The van der Waals surface area contributed by atoms with E-state index in [0.717, 1.165) is 6.42 Å². The number of carbonyl (C=O) groups excluding carboxylic acids is 1. The number of hydrogen-bond donors (Lipinski definition) is 3. The van der Waals surface area contributed by atoms with E-state index in [0.29, 0.717) is 6.54 Å². The van der Waals surface area contributed by atoms with Crippen LogP contribution in [0.4, 0.5) is 17.5 Å². The van der Waals surface area contributed by atoms with Crippen molar-refractivity contribution in [3.05, 3.63) is 15.8 Å². The summed E-state index contributed by atoms with van der Waals surface area (Å²) >= 11 is 0. The topological polar surface area (TPSA) is 139 Å². The number of rotatable bonds is 7. The summed E-state index contributed by atoms with van der Waals surface area (Å²) < 4.78 is 0. The number of nitrogens with one attached hydrogen (secondary N) is 2. The van der Waals surface area contributed by atoms with Crippen LogP contribution in [0.25, 0.3) is 0 Å². The Bertz CT molecular complexity index is 535. The molecule has 0 spiro atoms. The normalized spacial score (nSPS) is 10.1. The minimum atomic E-state index is -0.578. The number of carbonyl (C=O) groups is 1. The average molecular weight is 297 g/mol. The van der Waals surface area contributed by atoms with Crippen molar-refractivity contribution in [1.29, 1.82) is 0 Å². The summed E-state index contributed by atoms with van der Waals surface area (Å²) in [6.45, 7) is 3.91.